The molecule has 0 saturated heterocycles. The number of hydrogen-bond donors (Lipinski definition) is 3. The van der Waals surface area contributed by atoms with Crippen LogP contribution in [0.4, 0.5) is 23.1 Å². The van der Waals surface area contributed by atoms with Crippen molar-refractivity contribution in [2.75, 3.05) is 51.5 Å². The van der Waals surface area contributed by atoms with Crippen molar-refractivity contribution in [1.82, 2.24) is 19.2 Å². The van der Waals surface area contributed by atoms with Gasteiger partial charge in [-0.1, -0.05) is 23.7 Å². The van der Waals surface area contributed by atoms with Crippen LogP contribution in [0.3, 0.4) is 0 Å². The van der Waals surface area contributed by atoms with Crippen LogP contribution in [-0.2, 0) is 22.9 Å². The van der Waals surface area contributed by atoms with E-state index in [2.05, 4.69) is 25.5 Å². The summed E-state index contributed by atoms with van der Waals surface area (Å²) in [5, 5.41) is 16.3. The summed E-state index contributed by atoms with van der Waals surface area (Å²) in [6.07, 6.45) is 2.78. The number of sulfonamides is 1. The topological polar surface area (TPSA) is 120 Å². The molecule has 0 amide bonds. The maximum atomic E-state index is 12.8. The van der Waals surface area contributed by atoms with Crippen molar-refractivity contribution >= 4 is 44.8 Å². The number of methoxy groups -OCH3 is 1. The first-order chi connectivity index (χ1) is 18.1. The summed E-state index contributed by atoms with van der Waals surface area (Å²) in [7, 11) is 0.870. The number of aromatic nitrogens is 2. The van der Waals surface area contributed by atoms with Gasteiger partial charge >= 0.3 is 0 Å². The molecule has 3 N–H and O–H groups in total. The van der Waals surface area contributed by atoms with E-state index in [1.54, 1.807) is 32.2 Å². The van der Waals surface area contributed by atoms with E-state index in [0.29, 0.717) is 23.7 Å². The number of benzene rings is 2. The minimum atomic E-state index is -3.70. The molecule has 0 bridgehead atoms. The summed E-state index contributed by atoms with van der Waals surface area (Å²) in [5.41, 5.74) is 3.45. The largest absolute Gasteiger partial charge is 0.495 e. The van der Waals surface area contributed by atoms with Crippen LogP contribution in [0.5, 0.6) is 5.75 Å². The Morgan fingerprint density at radius 1 is 1.13 bits per heavy atom. The highest BCUT2D eigenvalue weighted by molar-refractivity contribution is 7.89. The quantitative estimate of drug-likeness (QED) is 0.360. The molecule has 4 rings (SSSR count). The monoisotopic (exact) mass is 560 g/mol. The van der Waals surface area contributed by atoms with Crippen LogP contribution >= 0.6 is 11.6 Å². The third-order valence-corrected chi connectivity index (χ3v) is 8.48. The van der Waals surface area contributed by atoms with Crippen LogP contribution in [0.25, 0.3) is 0 Å². The molecule has 2 aromatic carbocycles. The molecule has 1 aliphatic rings. The summed E-state index contributed by atoms with van der Waals surface area (Å²) in [6, 6.07) is 10.6. The highest BCUT2D eigenvalue weighted by atomic mass is 35.5. The Balaban J connectivity index is 1.61. The molecule has 12 heteroatoms. The molecule has 3 aromatic rings. The Labute approximate surface area is 228 Å². The van der Waals surface area contributed by atoms with Crippen LogP contribution in [0.1, 0.15) is 18.1 Å². The lowest BCUT2D eigenvalue weighted by Crippen LogP contribution is -2.33. The first-order valence-electron chi connectivity index (χ1n) is 12.3. The van der Waals surface area contributed by atoms with Gasteiger partial charge in [0.05, 0.1) is 30.8 Å². The van der Waals surface area contributed by atoms with Crippen molar-refractivity contribution in [2.45, 2.75) is 30.8 Å². The normalized spacial score (nSPS) is 15.0. The Morgan fingerprint density at radius 3 is 2.47 bits per heavy atom. The highest BCUT2D eigenvalue weighted by Gasteiger charge is 2.22. The maximum Gasteiger partial charge on any atom is 0.244 e. The van der Waals surface area contributed by atoms with Gasteiger partial charge < -0.3 is 25.4 Å². The van der Waals surface area contributed by atoms with E-state index in [-0.39, 0.29) is 27.8 Å². The fourth-order valence-corrected chi connectivity index (χ4v) is 5.56. The average molecular weight is 561 g/mol. The van der Waals surface area contributed by atoms with Crippen LogP contribution < -0.4 is 15.4 Å². The number of hydrogen-bond acceptors (Lipinski definition) is 9. The van der Waals surface area contributed by atoms with Crippen molar-refractivity contribution in [2.24, 2.45) is 0 Å². The number of nitrogens with zero attached hydrogens (tertiary/aromatic N) is 4. The van der Waals surface area contributed by atoms with E-state index < -0.39 is 10.0 Å². The number of ether oxygens (including phenoxy) is 1. The molecule has 1 unspecified atom stereocenters. The summed E-state index contributed by atoms with van der Waals surface area (Å²) < 4.78 is 32.4. The first-order valence-corrected chi connectivity index (χ1v) is 14.1. The van der Waals surface area contributed by atoms with E-state index in [9.17, 15) is 13.5 Å². The summed E-state index contributed by atoms with van der Waals surface area (Å²) in [4.78, 5) is 11.2. The van der Waals surface area contributed by atoms with Gasteiger partial charge in [-0.2, -0.15) is 4.98 Å². The zero-order valence-corrected chi connectivity index (χ0v) is 23.5. The molecule has 1 aliphatic heterocycles. The number of rotatable bonds is 9. The van der Waals surface area contributed by atoms with Crippen LogP contribution in [0.15, 0.2) is 47.5 Å². The van der Waals surface area contributed by atoms with Gasteiger partial charge in [-0.3, -0.25) is 0 Å². The fraction of sp³-hybridized carbons (Fsp3) is 0.385. The molecule has 0 fully saturated rings. The lowest BCUT2D eigenvalue weighted by Gasteiger charge is -2.20. The van der Waals surface area contributed by atoms with Crippen LogP contribution in [-0.4, -0.2) is 79.6 Å². The molecular formula is C26H33ClN6O4S. The van der Waals surface area contributed by atoms with Gasteiger partial charge in [-0.25, -0.2) is 17.7 Å². The molecule has 0 aliphatic carbocycles. The number of anilines is 4. The predicted octanol–water partition coefficient (Wildman–Crippen LogP) is 3.66. The third kappa shape index (κ3) is 6.36. The molecular weight excluding hydrogens is 528 g/mol. The second-order valence-corrected chi connectivity index (χ2v) is 11.9. The number of fused-ring (bicyclic) bond motifs is 1. The number of nitrogens with one attached hydrogen (secondary N) is 2. The molecule has 0 spiro atoms. The molecule has 204 valence electrons. The molecule has 38 heavy (non-hydrogen) atoms. The third-order valence-electron chi connectivity index (χ3n) is 6.33. The number of aliphatic hydroxyl groups excluding tert-OH is 1. The van der Waals surface area contributed by atoms with E-state index in [4.69, 9.17) is 16.3 Å². The zero-order valence-electron chi connectivity index (χ0n) is 21.9. The van der Waals surface area contributed by atoms with Gasteiger partial charge in [0, 0.05) is 33.7 Å². The Morgan fingerprint density at radius 2 is 1.82 bits per heavy atom. The fourth-order valence-electron chi connectivity index (χ4n) is 4.38. The summed E-state index contributed by atoms with van der Waals surface area (Å²) in [5.74, 6) is 1.18. The number of halogens is 1. The lowest BCUT2D eigenvalue weighted by molar-refractivity contribution is 0.129. The van der Waals surface area contributed by atoms with Gasteiger partial charge in [-0.05, 0) is 55.2 Å². The second-order valence-electron chi connectivity index (χ2n) is 9.39. The maximum absolute atomic E-state index is 12.8. The Kier molecular flexibility index (Phi) is 8.74. The van der Waals surface area contributed by atoms with E-state index in [1.807, 2.05) is 12.1 Å². The van der Waals surface area contributed by atoms with Crippen molar-refractivity contribution in [3.8, 4) is 5.75 Å². The SMILES string of the molecule is COc1cc2c(cc1Nc1ncc(Cl)c(Nc3ccccc3S(=O)(=O)N(C)C)n1)CCN(CC(C)O)CC2. The van der Waals surface area contributed by atoms with Gasteiger partial charge in [0.2, 0.25) is 16.0 Å². The molecule has 0 radical (unpaired) electrons. The Hall–Kier alpha value is -2.96. The summed E-state index contributed by atoms with van der Waals surface area (Å²) in [6.45, 7) is 4.17. The van der Waals surface area contributed by atoms with Crippen molar-refractivity contribution in [3.63, 3.8) is 0 Å². The number of aliphatic hydroxyl groups is 1. The van der Waals surface area contributed by atoms with Crippen LogP contribution in [0.2, 0.25) is 5.02 Å². The van der Waals surface area contributed by atoms with Gasteiger partial charge in [0.1, 0.15) is 15.7 Å². The minimum absolute atomic E-state index is 0.103. The standard InChI is InChI=1S/C26H33ClN6O4S/c1-17(34)16-33-11-9-18-13-22(23(37-4)14-19(18)10-12-33)30-26-28-15-20(27)25(31-26)29-21-7-5-6-8-24(21)38(35,36)32(2)3/h5-8,13-15,17,34H,9-12,16H2,1-4H3,(H2,28,29,30,31). The van der Waals surface area contributed by atoms with Gasteiger partial charge in [-0.15, -0.1) is 0 Å². The first kappa shape index (κ1) is 28.1. The van der Waals surface area contributed by atoms with Crippen molar-refractivity contribution in [3.05, 3.63) is 58.7 Å². The minimum Gasteiger partial charge on any atom is -0.495 e. The molecule has 10 nitrogen and oxygen atoms in total. The zero-order chi connectivity index (χ0) is 27.4. The number of para-hydroxylation sites is 1. The highest BCUT2D eigenvalue weighted by Crippen LogP contribution is 2.34. The van der Waals surface area contributed by atoms with Gasteiger partial charge in [0.25, 0.3) is 0 Å². The second kappa shape index (κ2) is 11.8. The predicted molar refractivity (Wildman–Crippen MR) is 149 cm³/mol. The van der Waals surface area contributed by atoms with E-state index in [0.717, 1.165) is 30.2 Å². The van der Waals surface area contributed by atoms with Gasteiger partial charge in [0.15, 0.2) is 5.82 Å². The number of β-amino-alcohol motifs (C(OH)–C–C–N with tert-alkyl or cyclic N) is 1. The van der Waals surface area contributed by atoms with E-state index >= 15 is 0 Å². The van der Waals surface area contributed by atoms with E-state index in [1.165, 1.54) is 37.5 Å². The summed E-state index contributed by atoms with van der Waals surface area (Å²) >= 11 is 6.38. The molecule has 2 heterocycles. The smallest absolute Gasteiger partial charge is 0.244 e. The molecule has 1 aromatic heterocycles. The molecule has 1 atom stereocenters. The van der Waals surface area contributed by atoms with Crippen molar-refractivity contribution < 1.29 is 18.3 Å². The Bertz CT molecular complexity index is 1400. The molecule has 0 saturated carbocycles. The average Bonchev–Trinajstić information content (AvgIpc) is 3.07. The van der Waals surface area contributed by atoms with Crippen molar-refractivity contribution in [1.29, 1.82) is 0 Å². The lowest BCUT2D eigenvalue weighted by atomic mass is 10.0. The van der Waals surface area contributed by atoms with Crippen LogP contribution in [0, 0.1) is 0 Å².